The van der Waals surface area contributed by atoms with Crippen molar-refractivity contribution in [3.8, 4) is 5.75 Å². The van der Waals surface area contributed by atoms with E-state index in [9.17, 15) is 5.11 Å². The Morgan fingerprint density at radius 1 is 1.43 bits per heavy atom. The molecule has 1 aliphatic heterocycles. The lowest BCUT2D eigenvalue weighted by atomic mass is 10.1. The van der Waals surface area contributed by atoms with E-state index in [0.29, 0.717) is 12.6 Å². The van der Waals surface area contributed by atoms with Gasteiger partial charge in [0, 0.05) is 19.1 Å². The summed E-state index contributed by atoms with van der Waals surface area (Å²) in [4.78, 5) is 2.43. The minimum absolute atomic E-state index is 0.139. The van der Waals surface area contributed by atoms with E-state index in [1.54, 1.807) is 0 Å². The van der Waals surface area contributed by atoms with Crippen molar-refractivity contribution in [2.75, 3.05) is 26.3 Å². The van der Waals surface area contributed by atoms with Gasteiger partial charge in [-0.1, -0.05) is 6.07 Å². The minimum Gasteiger partial charge on any atom is -0.491 e. The van der Waals surface area contributed by atoms with Crippen LogP contribution in [0.5, 0.6) is 5.75 Å². The number of aliphatic hydroxyl groups is 1. The summed E-state index contributed by atoms with van der Waals surface area (Å²) in [5.41, 5.74) is 2.27. The van der Waals surface area contributed by atoms with E-state index in [1.807, 2.05) is 12.1 Å². The molecule has 116 valence electrons. The summed E-state index contributed by atoms with van der Waals surface area (Å²) in [5, 5.41) is 9.82. The van der Waals surface area contributed by atoms with Crippen LogP contribution in [0.3, 0.4) is 0 Å². The van der Waals surface area contributed by atoms with Crippen molar-refractivity contribution in [2.24, 2.45) is 0 Å². The third kappa shape index (κ3) is 3.39. The zero-order valence-electron chi connectivity index (χ0n) is 12.9. The Morgan fingerprint density at radius 3 is 3.10 bits per heavy atom. The zero-order valence-corrected chi connectivity index (χ0v) is 12.9. The Morgan fingerprint density at radius 2 is 2.29 bits per heavy atom. The predicted octanol–water partition coefficient (Wildman–Crippen LogP) is 2.15. The average Bonchev–Trinajstić information content (AvgIpc) is 2.86. The van der Waals surface area contributed by atoms with Crippen molar-refractivity contribution in [1.29, 1.82) is 0 Å². The molecule has 0 aromatic heterocycles. The molecule has 1 fully saturated rings. The summed E-state index contributed by atoms with van der Waals surface area (Å²) in [6.45, 7) is 7.74. The molecule has 21 heavy (non-hydrogen) atoms. The molecule has 0 radical (unpaired) electrons. The van der Waals surface area contributed by atoms with Crippen molar-refractivity contribution in [3.05, 3.63) is 29.3 Å². The summed E-state index contributed by atoms with van der Waals surface area (Å²) < 4.78 is 11.7. The number of rotatable bonds is 4. The lowest BCUT2D eigenvalue weighted by Gasteiger charge is -2.35. The van der Waals surface area contributed by atoms with Gasteiger partial charge in [-0.3, -0.25) is 4.90 Å². The quantitative estimate of drug-likeness (QED) is 0.923. The van der Waals surface area contributed by atoms with Crippen molar-refractivity contribution in [1.82, 2.24) is 4.90 Å². The molecule has 1 aromatic carbocycles. The normalized spacial score (nSPS) is 26.1. The maximum atomic E-state index is 9.82. The molecule has 3 rings (SSSR count). The fourth-order valence-electron chi connectivity index (χ4n) is 3.16. The molecule has 0 amide bonds. The summed E-state index contributed by atoms with van der Waals surface area (Å²) >= 11 is 0. The van der Waals surface area contributed by atoms with Crippen LogP contribution in [-0.2, 0) is 11.2 Å². The van der Waals surface area contributed by atoms with Crippen LogP contribution in [0, 0.1) is 0 Å². The lowest BCUT2D eigenvalue weighted by molar-refractivity contribution is -0.0564. The second-order valence-corrected chi connectivity index (χ2v) is 6.31. The number of nitrogens with zero attached hydrogens (tertiary/aromatic N) is 1. The molecule has 1 N–H and O–H groups in total. The number of aliphatic hydroxyl groups excluding tert-OH is 1. The second-order valence-electron chi connectivity index (χ2n) is 6.31. The van der Waals surface area contributed by atoms with Gasteiger partial charge in [-0.15, -0.1) is 0 Å². The molecule has 4 heteroatoms. The molecule has 2 aliphatic rings. The van der Waals surface area contributed by atoms with Gasteiger partial charge in [0.2, 0.25) is 0 Å². The van der Waals surface area contributed by atoms with Gasteiger partial charge in [0.1, 0.15) is 18.5 Å². The summed E-state index contributed by atoms with van der Waals surface area (Å²) in [7, 11) is 0. The predicted molar refractivity (Wildman–Crippen MR) is 81.7 cm³/mol. The van der Waals surface area contributed by atoms with Gasteiger partial charge in [0.15, 0.2) is 0 Å². The van der Waals surface area contributed by atoms with Crippen LogP contribution in [0.25, 0.3) is 0 Å². The van der Waals surface area contributed by atoms with E-state index >= 15 is 0 Å². The third-order valence-electron chi connectivity index (χ3n) is 4.50. The molecule has 0 saturated carbocycles. The van der Waals surface area contributed by atoms with Crippen molar-refractivity contribution in [3.63, 3.8) is 0 Å². The third-order valence-corrected chi connectivity index (χ3v) is 4.50. The molecule has 1 aromatic rings. The van der Waals surface area contributed by atoms with E-state index in [-0.39, 0.29) is 12.2 Å². The Hall–Kier alpha value is -1.10. The van der Waals surface area contributed by atoms with Crippen LogP contribution >= 0.6 is 0 Å². The Bertz CT molecular complexity index is 489. The molecule has 1 saturated heterocycles. The van der Waals surface area contributed by atoms with Gasteiger partial charge in [-0.2, -0.15) is 0 Å². The van der Waals surface area contributed by atoms with Crippen LogP contribution < -0.4 is 4.74 Å². The number of fused-ring (bicyclic) bond motifs is 1. The molecular formula is C17H25NO3. The number of hydrogen-bond acceptors (Lipinski definition) is 4. The molecular weight excluding hydrogens is 266 g/mol. The van der Waals surface area contributed by atoms with Crippen LogP contribution in [-0.4, -0.2) is 48.5 Å². The second kappa shape index (κ2) is 6.34. The highest BCUT2D eigenvalue weighted by Gasteiger charge is 2.23. The molecule has 0 bridgehead atoms. The van der Waals surface area contributed by atoms with Crippen LogP contribution in [0.4, 0.5) is 0 Å². The van der Waals surface area contributed by atoms with Crippen LogP contribution in [0.15, 0.2) is 18.2 Å². The first-order valence-electron chi connectivity index (χ1n) is 7.93. The largest absolute Gasteiger partial charge is 0.491 e. The molecule has 4 nitrogen and oxygen atoms in total. The van der Waals surface area contributed by atoms with Gasteiger partial charge in [-0.25, -0.2) is 0 Å². The van der Waals surface area contributed by atoms with E-state index in [1.165, 1.54) is 5.56 Å². The first kappa shape index (κ1) is 14.8. The Labute approximate surface area is 126 Å². The fourth-order valence-corrected chi connectivity index (χ4v) is 3.16. The van der Waals surface area contributed by atoms with Gasteiger partial charge >= 0.3 is 0 Å². The SMILES string of the molecule is CC(C)N1CCOC(COc2ccc3c(c2)CC[C@@H]3O)C1. The van der Waals surface area contributed by atoms with E-state index in [0.717, 1.165) is 43.9 Å². The number of hydrogen-bond donors (Lipinski definition) is 1. The van der Waals surface area contributed by atoms with Gasteiger partial charge < -0.3 is 14.6 Å². The Balaban J connectivity index is 1.56. The minimum atomic E-state index is -0.296. The number of benzene rings is 1. The van der Waals surface area contributed by atoms with Gasteiger partial charge in [0.05, 0.1) is 12.7 Å². The van der Waals surface area contributed by atoms with Crippen molar-refractivity contribution in [2.45, 2.75) is 44.9 Å². The van der Waals surface area contributed by atoms with E-state index < -0.39 is 0 Å². The monoisotopic (exact) mass is 291 g/mol. The maximum Gasteiger partial charge on any atom is 0.119 e. The fraction of sp³-hybridized carbons (Fsp3) is 0.647. The standard InChI is InChI=1S/C17H25NO3/c1-12(2)18-7-8-20-15(10-18)11-21-14-4-5-16-13(9-14)3-6-17(16)19/h4-5,9,12,15,17,19H,3,6-8,10-11H2,1-2H3/t15?,17-/m0/s1. The first-order valence-corrected chi connectivity index (χ1v) is 7.93. The number of morpholine rings is 1. The summed E-state index contributed by atoms with van der Waals surface area (Å²) in [6, 6.07) is 6.56. The topological polar surface area (TPSA) is 41.9 Å². The molecule has 1 heterocycles. The zero-order chi connectivity index (χ0) is 14.8. The maximum absolute atomic E-state index is 9.82. The number of ether oxygens (including phenoxy) is 2. The molecule has 2 atom stereocenters. The van der Waals surface area contributed by atoms with E-state index in [4.69, 9.17) is 9.47 Å². The van der Waals surface area contributed by atoms with Crippen LogP contribution in [0.1, 0.15) is 37.5 Å². The summed E-state index contributed by atoms with van der Waals surface area (Å²) in [6.07, 6.45) is 1.61. The van der Waals surface area contributed by atoms with Crippen molar-refractivity contribution < 1.29 is 14.6 Å². The lowest BCUT2D eigenvalue weighted by Crippen LogP contribution is -2.47. The highest BCUT2D eigenvalue weighted by molar-refractivity contribution is 5.39. The summed E-state index contributed by atoms with van der Waals surface area (Å²) in [5.74, 6) is 0.883. The van der Waals surface area contributed by atoms with E-state index in [2.05, 4.69) is 24.8 Å². The molecule has 1 unspecified atom stereocenters. The smallest absolute Gasteiger partial charge is 0.119 e. The molecule has 1 aliphatic carbocycles. The van der Waals surface area contributed by atoms with Gasteiger partial charge in [-0.05, 0) is 49.9 Å². The van der Waals surface area contributed by atoms with Gasteiger partial charge in [0.25, 0.3) is 0 Å². The van der Waals surface area contributed by atoms with Crippen molar-refractivity contribution >= 4 is 0 Å². The number of aryl methyl sites for hydroxylation is 1. The molecule has 0 spiro atoms. The highest BCUT2D eigenvalue weighted by atomic mass is 16.5. The first-order chi connectivity index (χ1) is 10.1. The van der Waals surface area contributed by atoms with Crippen LogP contribution in [0.2, 0.25) is 0 Å². The average molecular weight is 291 g/mol. The Kier molecular flexibility index (Phi) is 4.48. The highest BCUT2D eigenvalue weighted by Crippen LogP contribution is 2.33.